The van der Waals surface area contributed by atoms with Crippen molar-refractivity contribution in [3.63, 3.8) is 0 Å². The minimum atomic E-state index is -0.452. The van der Waals surface area contributed by atoms with Gasteiger partial charge in [0.15, 0.2) is 0 Å². The number of piperazine rings is 1. The van der Waals surface area contributed by atoms with Crippen LogP contribution in [0.15, 0.2) is 36.4 Å². The fourth-order valence-corrected chi connectivity index (χ4v) is 3.40. The van der Waals surface area contributed by atoms with E-state index in [1.807, 2.05) is 6.07 Å². The number of hydrogen-bond acceptors (Lipinski definition) is 4. The highest BCUT2D eigenvalue weighted by atomic mass is 16.1. The topological polar surface area (TPSA) is 87.0 Å². The van der Waals surface area contributed by atoms with Gasteiger partial charge in [-0.05, 0) is 42.8 Å². The number of para-hydroxylation sites is 1. The summed E-state index contributed by atoms with van der Waals surface area (Å²) < 4.78 is 0. The minimum Gasteiger partial charge on any atom is -0.369 e. The van der Waals surface area contributed by atoms with Crippen LogP contribution in [-0.4, -0.2) is 42.1 Å². The summed E-state index contributed by atoms with van der Waals surface area (Å²) in [5.74, 6) is 0.305. The summed E-state index contributed by atoms with van der Waals surface area (Å²) in [5, 5.41) is 3.37. The number of aromatic nitrogens is 2. The Kier molecular flexibility index (Phi) is 3.89. The molecule has 0 spiro atoms. The zero-order valence-corrected chi connectivity index (χ0v) is 14.2. The smallest absolute Gasteiger partial charge is 0.250 e. The van der Waals surface area contributed by atoms with Crippen molar-refractivity contribution in [3.05, 3.63) is 47.5 Å². The molecule has 1 fully saturated rings. The van der Waals surface area contributed by atoms with Gasteiger partial charge in [-0.15, -0.1) is 0 Å². The van der Waals surface area contributed by atoms with Crippen LogP contribution in [0, 0.1) is 6.92 Å². The molecule has 4 rings (SSSR count). The molecule has 0 bridgehead atoms. The van der Waals surface area contributed by atoms with Crippen molar-refractivity contribution in [2.75, 3.05) is 31.1 Å². The number of nitrogens with one attached hydrogen (secondary N) is 2. The molecular formula is C19H21N5O. The number of anilines is 1. The third-order valence-electron chi connectivity index (χ3n) is 4.73. The average Bonchev–Trinajstić information content (AvgIpc) is 3.06. The third kappa shape index (κ3) is 2.85. The number of carbonyl (C=O) groups excluding carboxylic acids is 1. The van der Waals surface area contributed by atoms with Gasteiger partial charge >= 0.3 is 0 Å². The van der Waals surface area contributed by atoms with E-state index in [1.165, 1.54) is 5.69 Å². The number of rotatable bonds is 3. The number of benzene rings is 2. The number of nitrogens with two attached hydrogens (primary N) is 1. The first kappa shape index (κ1) is 15.7. The van der Waals surface area contributed by atoms with Gasteiger partial charge in [0, 0.05) is 37.4 Å². The number of carbonyl (C=O) groups is 1. The molecule has 4 N–H and O–H groups in total. The quantitative estimate of drug-likeness (QED) is 0.684. The van der Waals surface area contributed by atoms with E-state index in [0.29, 0.717) is 11.1 Å². The first-order valence-corrected chi connectivity index (χ1v) is 8.49. The van der Waals surface area contributed by atoms with Crippen LogP contribution in [0.25, 0.3) is 22.4 Å². The highest BCUT2D eigenvalue weighted by molar-refractivity contribution is 6.04. The Labute approximate surface area is 146 Å². The number of hydrogen-bond donors (Lipinski definition) is 3. The van der Waals surface area contributed by atoms with Crippen LogP contribution in [0.5, 0.6) is 0 Å². The lowest BCUT2D eigenvalue weighted by molar-refractivity contribution is 0.100. The SMILES string of the molecule is Cc1cc(N2CCNCC2)ccc1-c1nc2cccc(C(N)=O)c2[nH]1. The van der Waals surface area contributed by atoms with E-state index in [-0.39, 0.29) is 0 Å². The van der Waals surface area contributed by atoms with E-state index >= 15 is 0 Å². The molecule has 6 heteroatoms. The maximum absolute atomic E-state index is 11.6. The van der Waals surface area contributed by atoms with Crippen molar-refractivity contribution in [2.45, 2.75) is 6.92 Å². The van der Waals surface area contributed by atoms with E-state index in [1.54, 1.807) is 12.1 Å². The number of amides is 1. The Bertz CT molecular complexity index is 940. The fourth-order valence-electron chi connectivity index (χ4n) is 3.40. The largest absolute Gasteiger partial charge is 0.369 e. The van der Waals surface area contributed by atoms with Crippen LogP contribution >= 0.6 is 0 Å². The molecule has 3 aromatic rings. The van der Waals surface area contributed by atoms with Crippen LogP contribution in [0.1, 0.15) is 15.9 Å². The molecule has 0 saturated carbocycles. The molecule has 1 saturated heterocycles. The Balaban J connectivity index is 1.73. The van der Waals surface area contributed by atoms with Gasteiger partial charge in [0.2, 0.25) is 0 Å². The predicted molar refractivity (Wildman–Crippen MR) is 99.9 cm³/mol. The number of fused-ring (bicyclic) bond motifs is 1. The van der Waals surface area contributed by atoms with Gasteiger partial charge in [0.25, 0.3) is 5.91 Å². The number of aromatic amines is 1. The summed E-state index contributed by atoms with van der Waals surface area (Å²) in [6.45, 7) is 6.15. The monoisotopic (exact) mass is 335 g/mol. The molecule has 1 aliphatic rings. The van der Waals surface area contributed by atoms with Crippen LogP contribution in [-0.2, 0) is 0 Å². The van der Waals surface area contributed by atoms with Crippen molar-refractivity contribution < 1.29 is 4.79 Å². The van der Waals surface area contributed by atoms with Gasteiger partial charge < -0.3 is 20.9 Å². The van der Waals surface area contributed by atoms with Gasteiger partial charge in [-0.25, -0.2) is 4.98 Å². The zero-order chi connectivity index (χ0) is 17.4. The standard InChI is InChI=1S/C19H21N5O/c1-12-11-13(24-9-7-21-8-10-24)5-6-14(12)19-22-16-4-2-3-15(18(20)25)17(16)23-19/h2-6,11,21H,7-10H2,1H3,(H2,20,25)(H,22,23). The number of nitrogens with zero attached hydrogens (tertiary/aromatic N) is 2. The Hall–Kier alpha value is -2.86. The molecule has 1 amide bonds. The molecule has 25 heavy (non-hydrogen) atoms. The molecule has 2 aromatic carbocycles. The zero-order valence-electron chi connectivity index (χ0n) is 14.2. The number of H-pyrrole nitrogens is 1. The van der Waals surface area contributed by atoms with Crippen LogP contribution in [0.3, 0.4) is 0 Å². The summed E-state index contributed by atoms with van der Waals surface area (Å²) in [4.78, 5) is 21.9. The van der Waals surface area contributed by atoms with E-state index in [4.69, 9.17) is 5.73 Å². The lowest BCUT2D eigenvalue weighted by Crippen LogP contribution is -2.43. The van der Waals surface area contributed by atoms with Gasteiger partial charge in [-0.2, -0.15) is 0 Å². The fraction of sp³-hybridized carbons (Fsp3) is 0.263. The van der Waals surface area contributed by atoms with Gasteiger partial charge in [-0.3, -0.25) is 4.79 Å². The van der Waals surface area contributed by atoms with E-state index in [0.717, 1.165) is 48.6 Å². The molecule has 0 radical (unpaired) electrons. The van der Waals surface area contributed by atoms with E-state index in [2.05, 4.69) is 45.3 Å². The number of imidazole rings is 1. The second kappa shape index (κ2) is 6.22. The van der Waals surface area contributed by atoms with E-state index < -0.39 is 5.91 Å². The normalized spacial score (nSPS) is 14.8. The molecule has 0 atom stereocenters. The molecule has 0 unspecified atom stereocenters. The summed E-state index contributed by atoms with van der Waals surface area (Å²) in [5.41, 5.74) is 10.8. The van der Waals surface area contributed by atoms with Crippen LogP contribution < -0.4 is 16.0 Å². The Morgan fingerprint density at radius 3 is 2.72 bits per heavy atom. The van der Waals surface area contributed by atoms with Crippen molar-refractivity contribution in [3.8, 4) is 11.4 Å². The molecule has 2 heterocycles. The van der Waals surface area contributed by atoms with Crippen LogP contribution in [0.2, 0.25) is 0 Å². The van der Waals surface area contributed by atoms with Gasteiger partial charge in [0.05, 0.1) is 16.6 Å². The predicted octanol–water partition coefficient (Wildman–Crippen LogP) is 2.05. The van der Waals surface area contributed by atoms with Crippen molar-refractivity contribution in [1.82, 2.24) is 15.3 Å². The third-order valence-corrected chi connectivity index (χ3v) is 4.73. The lowest BCUT2D eigenvalue weighted by atomic mass is 10.1. The second-order valence-electron chi connectivity index (χ2n) is 6.39. The number of primary amides is 1. The molecule has 128 valence electrons. The second-order valence-corrected chi connectivity index (χ2v) is 6.39. The summed E-state index contributed by atoms with van der Waals surface area (Å²) in [6, 6.07) is 11.8. The Morgan fingerprint density at radius 2 is 2.00 bits per heavy atom. The Morgan fingerprint density at radius 1 is 1.20 bits per heavy atom. The van der Waals surface area contributed by atoms with Crippen molar-refractivity contribution in [2.24, 2.45) is 5.73 Å². The molecular weight excluding hydrogens is 314 g/mol. The summed E-state index contributed by atoms with van der Waals surface area (Å²) in [7, 11) is 0. The van der Waals surface area contributed by atoms with E-state index in [9.17, 15) is 4.79 Å². The maximum Gasteiger partial charge on any atom is 0.250 e. The van der Waals surface area contributed by atoms with Crippen molar-refractivity contribution in [1.29, 1.82) is 0 Å². The molecule has 1 aliphatic heterocycles. The molecule has 0 aliphatic carbocycles. The first-order valence-electron chi connectivity index (χ1n) is 8.49. The van der Waals surface area contributed by atoms with Crippen molar-refractivity contribution >= 4 is 22.6 Å². The molecule has 1 aromatic heterocycles. The van der Waals surface area contributed by atoms with Crippen LogP contribution in [0.4, 0.5) is 5.69 Å². The highest BCUT2D eigenvalue weighted by Gasteiger charge is 2.15. The van der Waals surface area contributed by atoms with Gasteiger partial charge in [0.1, 0.15) is 5.82 Å². The minimum absolute atomic E-state index is 0.452. The number of aryl methyl sites for hydroxylation is 1. The lowest BCUT2D eigenvalue weighted by Gasteiger charge is -2.29. The average molecular weight is 335 g/mol. The highest BCUT2D eigenvalue weighted by Crippen LogP contribution is 2.28. The maximum atomic E-state index is 11.6. The summed E-state index contributed by atoms with van der Waals surface area (Å²) >= 11 is 0. The summed E-state index contributed by atoms with van der Waals surface area (Å²) in [6.07, 6.45) is 0. The first-order chi connectivity index (χ1) is 12.1. The van der Waals surface area contributed by atoms with Gasteiger partial charge in [-0.1, -0.05) is 6.07 Å². The molecule has 6 nitrogen and oxygen atoms in total.